The van der Waals surface area contributed by atoms with Crippen molar-refractivity contribution in [1.29, 1.82) is 0 Å². The van der Waals surface area contributed by atoms with Gasteiger partial charge in [-0.25, -0.2) is 0 Å². The molecule has 1 N–H and O–H groups in total. The maximum absolute atomic E-state index is 6.17. The van der Waals surface area contributed by atoms with E-state index in [9.17, 15) is 0 Å². The molecule has 1 atom stereocenters. The van der Waals surface area contributed by atoms with E-state index in [1.165, 1.54) is 23.5 Å². The number of halogens is 1. The molecule has 1 aromatic carbocycles. The predicted octanol–water partition coefficient (Wildman–Crippen LogP) is 2.87. The van der Waals surface area contributed by atoms with E-state index in [0.717, 1.165) is 24.7 Å². The summed E-state index contributed by atoms with van der Waals surface area (Å²) in [7, 11) is 2.17. The maximum atomic E-state index is 6.17. The summed E-state index contributed by atoms with van der Waals surface area (Å²) in [5.74, 6) is 2.51. The molecule has 1 unspecified atom stereocenters. The number of thioether (sulfide) groups is 1. The Hall–Kier alpha value is -0.220. The summed E-state index contributed by atoms with van der Waals surface area (Å²) in [4.78, 5) is 2.35. The summed E-state index contributed by atoms with van der Waals surface area (Å²) in [5, 5.41) is 4.45. The largest absolute Gasteiger partial charge is 0.312 e. The van der Waals surface area contributed by atoms with E-state index >= 15 is 0 Å². The molecule has 1 aliphatic heterocycles. The summed E-state index contributed by atoms with van der Waals surface area (Å²) in [6.45, 7) is 3.20. The molecule has 0 saturated carbocycles. The number of nitrogens with one attached hydrogen (secondary N) is 1. The van der Waals surface area contributed by atoms with Crippen molar-refractivity contribution >= 4 is 23.4 Å². The van der Waals surface area contributed by atoms with Crippen molar-refractivity contribution in [3.63, 3.8) is 0 Å². The van der Waals surface area contributed by atoms with E-state index in [2.05, 4.69) is 35.1 Å². The molecule has 100 valence electrons. The van der Waals surface area contributed by atoms with Crippen LogP contribution in [0.1, 0.15) is 12.0 Å². The van der Waals surface area contributed by atoms with Gasteiger partial charge in [-0.1, -0.05) is 29.8 Å². The van der Waals surface area contributed by atoms with E-state index in [1.54, 1.807) is 0 Å². The lowest BCUT2D eigenvalue weighted by Gasteiger charge is -2.25. The molecule has 0 aliphatic carbocycles. The molecule has 2 rings (SSSR count). The third kappa shape index (κ3) is 4.47. The zero-order valence-electron chi connectivity index (χ0n) is 10.9. The molecule has 0 bridgehead atoms. The Morgan fingerprint density at radius 1 is 1.44 bits per heavy atom. The first kappa shape index (κ1) is 14.2. The summed E-state index contributed by atoms with van der Waals surface area (Å²) >= 11 is 8.23. The highest BCUT2D eigenvalue weighted by molar-refractivity contribution is 7.99. The van der Waals surface area contributed by atoms with Gasteiger partial charge in [0, 0.05) is 35.7 Å². The van der Waals surface area contributed by atoms with E-state index < -0.39 is 0 Å². The molecule has 1 fully saturated rings. The van der Waals surface area contributed by atoms with Crippen molar-refractivity contribution in [2.75, 3.05) is 31.6 Å². The lowest BCUT2D eigenvalue weighted by atomic mass is 10.2. The Kier molecular flexibility index (Phi) is 5.83. The van der Waals surface area contributed by atoms with Crippen LogP contribution in [0.3, 0.4) is 0 Å². The molecule has 0 spiro atoms. The standard InChI is InChI=1S/C14H21ClN2S/c1-17(8-6-13-11-18-9-7-16-13)10-12-4-2-3-5-14(12)15/h2-5,13,16H,6-11H2,1H3. The summed E-state index contributed by atoms with van der Waals surface area (Å²) in [6.07, 6.45) is 1.22. The Morgan fingerprint density at radius 3 is 3.00 bits per heavy atom. The first-order valence-corrected chi connectivity index (χ1v) is 8.02. The average molecular weight is 285 g/mol. The summed E-state index contributed by atoms with van der Waals surface area (Å²) < 4.78 is 0. The summed E-state index contributed by atoms with van der Waals surface area (Å²) in [5.41, 5.74) is 1.22. The minimum absolute atomic E-state index is 0.678. The van der Waals surface area contributed by atoms with Crippen LogP contribution in [0, 0.1) is 0 Å². The van der Waals surface area contributed by atoms with Gasteiger partial charge in [-0.2, -0.15) is 11.8 Å². The van der Waals surface area contributed by atoms with Gasteiger partial charge in [-0.15, -0.1) is 0 Å². The van der Waals surface area contributed by atoms with Crippen LogP contribution in [0.5, 0.6) is 0 Å². The van der Waals surface area contributed by atoms with Gasteiger partial charge in [0.25, 0.3) is 0 Å². The number of nitrogens with zero attached hydrogens (tertiary/aromatic N) is 1. The maximum Gasteiger partial charge on any atom is 0.0451 e. The fraction of sp³-hybridized carbons (Fsp3) is 0.571. The van der Waals surface area contributed by atoms with Crippen LogP contribution in [0.4, 0.5) is 0 Å². The van der Waals surface area contributed by atoms with Gasteiger partial charge in [-0.3, -0.25) is 0 Å². The SMILES string of the molecule is CN(CCC1CSCCN1)Cc1ccccc1Cl. The van der Waals surface area contributed by atoms with Gasteiger partial charge >= 0.3 is 0 Å². The fourth-order valence-corrected chi connectivity index (χ4v) is 3.37. The van der Waals surface area contributed by atoms with Crippen molar-refractivity contribution in [1.82, 2.24) is 10.2 Å². The molecule has 4 heteroatoms. The molecule has 1 aliphatic rings. The van der Waals surface area contributed by atoms with Crippen LogP contribution in [-0.4, -0.2) is 42.6 Å². The van der Waals surface area contributed by atoms with Crippen LogP contribution in [0.25, 0.3) is 0 Å². The number of benzene rings is 1. The second kappa shape index (κ2) is 7.39. The van der Waals surface area contributed by atoms with Crippen molar-refractivity contribution in [3.05, 3.63) is 34.9 Å². The van der Waals surface area contributed by atoms with Crippen LogP contribution < -0.4 is 5.32 Å². The minimum atomic E-state index is 0.678. The van der Waals surface area contributed by atoms with Crippen molar-refractivity contribution in [2.45, 2.75) is 19.0 Å². The predicted molar refractivity (Wildman–Crippen MR) is 81.5 cm³/mol. The summed E-state index contributed by atoms with van der Waals surface area (Å²) in [6, 6.07) is 8.78. The molecule has 0 aromatic heterocycles. The van der Waals surface area contributed by atoms with E-state index in [0.29, 0.717) is 6.04 Å². The molecule has 0 amide bonds. The zero-order valence-corrected chi connectivity index (χ0v) is 12.4. The zero-order chi connectivity index (χ0) is 12.8. The van der Waals surface area contributed by atoms with Crippen LogP contribution in [0.2, 0.25) is 5.02 Å². The number of hydrogen-bond acceptors (Lipinski definition) is 3. The van der Waals surface area contributed by atoms with Crippen molar-refractivity contribution in [2.24, 2.45) is 0 Å². The number of rotatable bonds is 5. The van der Waals surface area contributed by atoms with Gasteiger partial charge in [0.2, 0.25) is 0 Å². The fourth-order valence-electron chi connectivity index (χ4n) is 2.18. The highest BCUT2D eigenvalue weighted by atomic mass is 35.5. The molecule has 18 heavy (non-hydrogen) atoms. The first-order valence-electron chi connectivity index (χ1n) is 6.49. The lowest BCUT2D eigenvalue weighted by Crippen LogP contribution is -2.39. The molecular formula is C14H21ClN2S. The Balaban J connectivity index is 1.74. The molecular weight excluding hydrogens is 264 g/mol. The van der Waals surface area contributed by atoms with Crippen LogP contribution >= 0.6 is 23.4 Å². The Labute approximate surface area is 119 Å². The quantitative estimate of drug-likeness (QED) is 0.895. The highest BCUT2D eigenvalue weighted by Gasteiger charge is 2.13. The van der Waals surface area contributed by atoms with E-state index in [-0.39, 0.29) is 0 Å². The lowest BCUT2D eigenvalue weighted by molar-refractivity contribution is 0.305. The monoisotopic (exact) mass is 284 g/mol. The molecule has 1 aromatic rings. The topological polar surface area (TPSA) is 15.3 Å². The first-order chi connectivity index (χ1) is 8.75. The Morgan fingerprint density at radius 2 is 2.28 bits per heavy atom. The highest BCUT2D eigenvalue weighted by Crippen LogP contribution is 2.17. The van der Waals surface area contributed by atoms with Gasteiger partial charge in [0.1, 0.15) is 0 Å². The van der Waals surface area contributed by atoms with Gasteiger partial charge in [0.05, 0.1) is 0 Å². The van der Waals surface area contributed by atoms with Crippen LogP contribution in [0.15, 0.2) is 24.3 Å². The molecule has 0 radical (unpaired) electrons. The molecule has 1 heterocycles. The average Bonchev–Trinajstić information content (AvgIpc) is 2.40. The van der Waals surface area contributed by atoms with Crippen molar-refractivity contribution in [3.8, 4) is 0 Å². The normalized spacial score (nSPS) is 20.3. The second-order valence-electron chi connectivity index (χ2n) is 4.84. The molecule has 1 saturated heterocycles. The minimum Gasteiger partial charge on any atom is -0.312 e. The van der Waals surface area contributed by atoms with Gasteiger partial charge in [0.15, 0.2) is 0 Å². The molecule has 2 nitrogen and oxygen atoms in total. The van der Waals surface area contributed by atoms with Crippen LogP contribution in [-0.2, 0) is 6.54 Å². The Bertz CT molecular complexity index is 367. The van der Waals surface area contributed by atoms with E-state index in [1.807, 2.05) is 18.2 Å². The third-order valence-electron chi connectivity index (χ3n) is 3.26. The van der Waals surface area contributed by atoms with Gasteiger partial charge < -0.3 is 10.2 Å². The third-order valence-corrected chi connectivity index (χ3v) is 4.76. The van der Waals surface area contributed by atoms with Gasteiger partial charge in [-0.05, 0) is 31.6 Å². The smallest absolute Gasteiger partial charge is 0.0451 e. The number of hydrogen-bond donors (Lipinski definition) is 1. The van der Waals surface area contributed by atoms with Crippen molar-refractivity contribution < 1.29 is 0 Å². The second-order valence-corrected chi connectivity index (χ2v) is 6.40. The van der Waals surface area contributed by atoms with E-state index in [4.69, 9.17) is 11.6 Å².